The molecule has 1 saturated heterocycles. The zero-order valence-electron chi connectivity index (χ0n) is 6.92. The molecule has 0 spiro atoms. The van der Waals surface area contributed by atoms with E-state index in [1.807, 2.05) is 0 Å². The monoisotopic (exact) mass is 155 g/mol. The summed E-state index contributed by atoms with van der Waals surface area (Å²) in [7, 11) is 0. The minimum atomic E-state index is 0.279. The SMILES string of the molecule is OCC/C=C\C1CCNCC1. The molecule has 2 nitrogen and oxygen atoms in total. The number of rotatable bonds is 3. The molecule has 1 rings (SSSR count). The van der Waals surface area contributed by atoms with E-state index in [-0.39, 0.29) is 6.61 Å². The standard InChI is InChI=1S/C9H17NO/c11-8-2-1-3-9-4-6-10-7-5-9/h1,3,9-11H,2,4-8H2/b3-1-. The molecular weight excluding hydrogens is 138 g/mol. The van der Waals surface area contributed by atoms with Crippen LogP contribution in [0.3, 0.4) is 0 Å². The Balaban J connectivity index is 2.13. The Morgan fingerprint density at radius 2 is 2.09 bits per heavy atom. The molecule has 0 unspecified atom stereocenters. The van der Waals surface area contributed by atoms with Crippen molar-refractivity contribution in [1.29, 1.82) is 0 Å². The van der Waals surface area contributed by atoms with E-state index in [0.717, 1.165) is 25.4 Å². The van der Waals surface area contributed by atoms with Crippen molar-refractivity contribution in [2.24, 2.45) is 5.92 Å². The van der Waals surface area contributed by atoms with Gasteiger partial charge in [-0.3, -0.25) is 0 Å². The zero-order valence-corrected chi connectivity index (χ0v) is 6.92. The first-order valence-corrected chi connectivity index (χ1v) is 4.41. The lowest BCUT2D eigenvalue weighted by Gasteiger charge is -2.18. The van der Waals surface area contributed by atoms with E-state index in [0.29, 0.717) is 0 Å². The van der Waals surface area contributed by atoms with Gasteiger partial charge in [0.25, 0.3) is 0 Å². The van der Waals surface area contributed by atoms with Crippen LogP contribution in [0.1, 0.15) is 19.3 Å². The predicted octanol–water partition coefficient (Wildman–Crippen LogP) is 0.925. The molecule has 11 heavy (non-hydrogen) atoms. The van der Waals surface area contributed by atoms with Crippen LogP contribution in [-0.2, 0) is 0 Å². The molecule has 0 aliphatic carbocycles. The first-order valence-electron chi connectivity index (χ1n) is 4.41. The van der Waals surface area contributed by atoms with Gasteiger partial charge in [0, 0.05) is 6.61 Å². The van der Waals surface area contributed by atoms with Crippen LogP contribution in [-0.4, -0.2) is 24.8 Å². The quantitative estimate of drug-likeness (QED) is 0.594. The van der Waals surface area contributed by atoms with Crippen molar-refractivity contribution in [1.82, 2.24) is 5.32 Å². The van der Waals surface area contributed by atoms with E-state index in [4.69, 9.17) is 5.11 Å². The van der Waals surface area contributed by atoms with Gasteiger partial charge in [0.2, 0.25) is 0 Å². The topological polar surface area (TPSA) is 32.3 Å². The van der Waals surface area contributed by atoms with E-state index in [2.05, 4.69) is 17.5 Å². The molecule has 1 heterocycles. The molecule has 0 amide bonds. The third-order valence-corrected chi connectivity index (χ3v) is 2.09. The molecule has 64 valence electrons. The van der Waals surface area contributed by atoms with Crippen molar-refractivity contribution >= 4 is 0 Å². The van der Waals surface area contributed by atoms with Crippen LogP contribution < -0.4 is 5.32 Å². The molecule has 1 aliphatic rings. The van der Waals surface area contributed by atoms with Crippen molar-refractivity contribution in [3.8, 4) is 0 Å². The summed E-state index contributed by atoms with van der Waals surface area (Å²) in [5.41, 5.74) is 0. The highest BCUT2D eigenvalue weighted by atomic mass is 16.2. The lowest BCUT2D eigenvalue weighted by atomic mass is 9.97. The van der Waals surface area contributed by atoms with Crippen molar-refractivity contribution < 1.29 is 5.11 Å². The Kier molecular flexibility index (Phi) is 4.24. The summed E-state index contributed by atoms with van der Waals surface area (Å²) in [6.45, 7) is 2.57. The molecule has 0 aromatic rings. The van der Waals surface area contributed by atoms with Crippen molar-refractivity contribution in [2.75, 3.05) is 19.7 Å². The zero-order chi connectivity index (χ0) is 7.94. The summed E-state index contributed by atoms with van der Waals surface area (Å²) in [4.78, 5) is 0. The van der Waals surface area contributed by atoms with E-state index in [1.165, 1.54) is 12.8 Å². The largest absolute Gasteiger partial charge is 0.396 e. The maximum Gasteiger partial charge on any atom is 0.0465 e. The summed E-state index contributed by atoms with van der Waals surface area (Å²) in [6, 6.07) is 0. The number of aliphatic hydroxyl groups excluding tert-OH is 1. The van der Waals surface area contributed by atoms with Crippen molar-refractivity contribution in [3.63, 3.8) is 0 Å². The molecule has 1 fully saturated rings. The maximum absolute atomic E-state index is 8.53. The third kappa shape index (κ3) is 3.54. The fourth-order valence-electron chi connectivity index (χ4n) is 1.40. The van der Waals surface area contributed by atoms with Gasteiger partial charge >= 0.3 is 0 Å². The summed E-state index contributed by atoms with van der Waals surface area (Å²) in [6.07, 6.45) is 7.65. The summed E-state index contributed by atoms with van der Waals surface area (Å²) in [5.74, 6) is 0.753. The fraction of sp³-hybridized carbons (Fsp3) is 0.778. The number of piperidine rings is 1. The molecule has 0 aromatic heterocycles. The lowest BCUT2D eigenvalue weighted by molar-refractivity contribution is 0.302. The molecule has 0 bridgehead atoms. The Labute approximate surface area is 68.3 Å². The Morgan fingerprint density at radius 1 is 1.36 bits per heavy atom. The normalized spacial score (nSPS) is 21.2. The van der Waals surface area contributed by atoms with E-state index in [9.17, 15) is 0 Å². The smallest absolute Gasteiger partial charge is 0.0465 e. The average Bonchev–Trinajstić information content (AvgIpc) is 2.07. The van der Waals surface area contributed by atoms with E-state index < -0.39 is 0 Å². The van der Waals surface area contributed by atoms with Crippen LogP contribution >= 0.6 is 0 Å². The number of hydrogen-bond donors (Lipinski definition) is 2. The van der Waals surface area contributed by atoms with Gasteiger partial charge in [-0.15, -0.1) is 0 Å². The van der Waals surface area contributed by atoms with E-state index in [1.54, 1.807) is 0 Å². The predicted molar refractivity (Wildman–Crippen MR) is 46.4 cm³/mol. The van der Waals surface area contributed by atoms with E-state index >= 15 is 0 Å². The molecule has 2 heteroatoms. The average molecular weight is 155 g/mol. The lowest BCUT2D eigenvalue weighted by Crippen LogP contribution is -2.26. The van der Waals surface area contributed by atoms with Crippen LogP contribution in [0.2, 0.25) is 0 Å². The van der Waals surface area contributed by atoms with Gasteiger partial charge in [0.1, 0.15) is 0 Å². The van der Waals surface area contributed by atoms with Gasteiger partial charge in [-0.1, -0.05) is 12.2 Å². The second kappa shape index (κ2) is 5.33. The minimum Gasteiger partial charge on any atom is -0.396 e. The maximum atomic E-state index is 8.53. The molecule has 1 aliphatic heterocycles. The van der Waals surface area contributed by atoms with Gasteiger partial charge in [0.15, 0.2) is 0 Å². The number of aliphatic hydroxyl groups is 1. The first-order chi connectivity index (χ1) is 5.43. The molecule has 0 aromatic carbocycles. The molecule has 0 atom stereocenters. The van der Waals surface area contributed by atoms with Gasteiger partial charge in [0.05, 0.1) is 0 Å². The number of hydrogen-bond acceptors (Lipinski definition) is 2. The van der Waals surface area contributed by atoms with Crippen LogP contribution in [0, 0.1) is 5.92 Å². The highest BCUT2D eigenvalue weighted by Crippen LogP contribution is 2.12. The molecule has 0 saturated carbocycles. The highest BCUT2D eigenvalue weighted by Gasteiger charge is 2.08. The third-order valence-electron chi connectivity index (χ3n) is 2.09. The van der Waals surface area contributed by atoms with Gasteiger partial charge in [-0.2, -0.15) is 0 Å². The van der Waals surface area contributed by atoms with Gasteiger partial charge in [-0.25, -0.2) is 0 Å². The summed E-state index contributed by atoms with van der Waals surface area (Å²) < 4.78 is 0. The Bertz CT molecular complexity index is 117. The summed E-state index contributed by atoms with van der Waals surface area (Å²) in [5, 5.41) is 11.9. The van der Waals surface area contributed by atoms with Gasteiger partial charge in [-0.05, 0) is 38.3 Å². The Hall–Kier alpha value is -0.340. The molecular formula is C9H17NO. The summed E-state index contributed by atoms with van der Waals surface area (Å²) >= 11 is 0. The van der Waals surface area contributed by atoms with Crippen LogP contribution in [0.5, 0.6) is 0 Å². The molecule has 0 radical (unpaired) electrons. The second-order valence-electron chi connectivity index (χ2n) is 3.03. The first kappa shape index (κ1) is 8.75. The van der Waals surface area contributed by atoms with Gasteiger partial charge < -0.3 is 10.4 Å². The van der Waals surface area contributed by atoms with Crippen LogP contribution in [0.25, 0.3) is 0 Å². The highest BCUT2D eigenvalue weighted by molar-refractivity contribution is 4.90. The minimum absolute atomic E-state index is 0.279. The van der Waals surface area contributed by atoms with Crippen LogP contribution in [0.15, 0.2) is 12.2 Å². The van der Waals surface area contributed by atoms with Crippen LogP contribution in [0.4, 0.5) is 0 Å². The second-order valence-corrected chi connectivity index (χ2v) is 3.03. The van der Waals surface area contributed by atoms with Crippen molar-refractivity contribution in [3.05, 3.63) is 12.2 Å². The fourth-order valence-corrected chi connectivity index (χ4v) is 1.40. The number of nitrogens with one attached hydrogen (secondary N) is 1. The Morgan fingerprint density at radius 3 is 2.73 bits per heavy atom. The van der Waals surface area contributed by atoms with Crippen molar-refractivity contribution in [2.45, 2.75) is 19.3 Å². The number of allylic oxidation sites excluding steroid dienone is 1. The molecule has 2 N–H and O–H groups in total.